The van der Waals surface area contributed by atoms with Gasteiger partial charge in [0.25, 0.3) is 0 Å². The van der Waals surface area contributed by atoms with Crippen molar-refractivity contribution in [3.05, 3.63) is 71.0 Å². The van der Waals surface area contributed by atoms with E-state index < -0.39 is 0 Å². The summed E-state index contributed by atoms with van der Waals surface area (Å²) in [7, 11) is 0. The van der Waals surface area contributed by atoms with Gasteiger partial charge in [0.1, 0.15) is 0 Å². The standard InChI is InChI=1S/2C11H12N2/c2*1-2-4-10-8(3-1)9-5-6-12-7-11(9)13-10/h2*1-4,12-13H,5-7H2. The van der Waals surface area contributed by atoms with Crippen LogP contribution in [-0.2, 0) is 25.9 Å². The minimum Gasteiger partial charge on any atom is -0.357 e. The summed E-state index contributed by atoms with van der Waals surface area (Å²) in [6.45, 7) is 4.19. The zero-order valence-electron chi connectivity index (χ0n) is 14.9. The quantitative estimate of drug-likeness (QED) is 0.394. The third kappa shape index (κ3) is 2.71. The molecule has 6 rings (SSSR count). The third-order valence-corrected chi connectivity index (χ3v) is 5.51. The molecule has 4 nitrogen and oxygen atoms in total. The van der Waals surface area contributed by atoms with Crippen molar-refractivity contribution in [2.75, 3.05) is 13.1 Å². The normalized spacial score (nSPS) is 16.0. The van der Waals surface area contributed by atoms with Gasteiger partial charge in [-0.1, -0.05) is 36.4 Å². The number of hydrogen-bond acceptors (Lipinski definition) is 2. The molecule has 0 spiro atoms. The summed E-state index contributed by atoms with van der Waals surface area (Å²) in [5, 5.41) is 9.54. The van der Waals surface area contributed by atoms with Crippen molar-refractivity contribution in [3.8, 4) is 0 Å². The highest BCUT2D eigenvalue weighted by molar-refractivity contribution is 5.85. The highest BCUT2D eigenvalue weighted by atomic mass is 14.9. The highest BCUT2D eigenvalue weighted by Gasteiger charge is 2.14. The molecule has 2 aliphatic rings. The van der Waals surface area contributed by atoms with E-state index in [0.717, 1.165) is 39.0 Å². The first-order valence-corrected chi connectivity index (χ1v) is 9.48. The van der Waals surface area contributed by atoms with E-state index >= 15 is 0 Å². The predicted molar refractivity (Wildman–Crippen MR) is 107 cm³/mol. The molecule has 0 saturated carbocycles. The van der Waals surface area contributed by atoms with Crippen LogP contribution in [0.4, 0.5) is 0 Å². The molecule has 0 radical (unpaired) electrons. The fourth-order valence-electron chi connectivity index (χ4n) is 4.24. The minimum atomic E-state index is 0.990. The van der Waals surface area contributed by atoms with Gasteiger partial charge in [0, 0.05) is 46.3 Å². The zero-order valence-corrected chi connectivity index (χ0v) is 14.9. The van der Waals surface area contributed by atoms with Gasteiger partial charge >= 0.3 is 0 Å². The minimum absolute atomic E-state index is 0.990. The van der Waals surface area contributed by atoms with E-state index in [2.05, 4.69) is 69.1 Å². The Hall–Kier alpha value is -2.56. The summed E-state index contributed by atoms with van der Waals surface area (Å²) < 4.78 is 0. The summed E-state index contributed by atoms with van der Waals surface area (Å²) in [5.74, 6) is 0. The topological polar surface area (TPSA) is 55.6 Å². The molecule has 0 aliphatic carbocycles. The van der Waals surface area contributed by atoms with Gasteiger partial charge in [-0.3, -0.25) is 0 Å². The third-order valence-electron chi connectivity index (χ3n) is 5.51. The maximum atomic E-state index is 3.45. The van der Waals surface area contributed by atoms with Gasteiger partial charge in [0.2, 0.25) is 0 Å². The molecule has 2 aliphatic heterocycles. The molecule has 4 aromatic rings. The molecule has 0 bridgehead atoms. The maximum absolute atomic E-state index is 3.45. The summed E-state index contributed by atoms with van der Waals surface area (Å²) in [5.41, 5.74) is 8.30. The van der Waals surface area contributed by atoms with Gasteiger partial charge in [-0.25, -0.2) is 0 Å². The molecule has 4 heteroatoms. The van der Waals surface area contributed by atoms with Gasteiger partial charge in [-0.2, -0.15) is 0 Å². The van der Waals surface area contributed by atoms with Gasteiger partial charge in [-0.05, 0) is 49.2 Å². The monoisotopic (exact) mass is 344 g/mol. The second-order valence-corrected chi connectivity index (χ2v) is 7.11. The first-order valence-electron chi connectivity index (χ1n) is 9.48. The first-order chi connectivity index (χ1) is 12.9. The van der Waals surface area contributed by atoms with Crippen LogP contribution >= 0.6 is 0 Å². The van der Waals surface area contributed by atoms with E-state index in [1.54, 1.807) is 0 Å². The molecule has 0 atom stereocenters. The van der Waals surface area contributed by atoms with E-state index in [0.29, 0.717) is 0 Å². The molecule has 2 aromatic heterocycles. The molecule has 4 heterocycles. The van der Waals surface area contributed by atoms with E-state index in [1.165, 1.54) is 44.3 Å². The molecular weight excluding hydrogens is 320 g/mol. The SMILES string of the molecule is c1ccc2c3c([nH]c2c1)CNCC3.c1ccc2c3c([nH]c2c1)CNCC3. The van der Waals surface area contributed by atoms with Crippen LogP contribution in [0.2, 0.25) is 0 Å². The summed E-state index contributed by atoms with van der Waals surface area (Å²) in [6, 6.07) is 17.1. The van der Waals surface area contributed by atoms with Crippen LogP contribution in [0.25, 0.3) is 21.8 Å². The molecule has 2 aromatic carbocycles. The average molecular weight is 344 g/mol. The number of H-pyrrole nitrogens is 2. The molecule has 26 heavy (non-hydrogen) atoms. The van der Waals surface area contributed by atoms with Gasteiger partial charge in [0.05, 0.1) is 0 Å². The van der Waals surface area contributed by atoms with Crippen LogP contribution in [0, 0.1) is 0 Å². The second kappa shape index (κ2) is 6.63. The van der Waals surface area contributed by atoms with Gasteiger partial charge in [-0.15, -0.1) is 0 Å². The van der Waals surface area contributed by atoms with Crippen molar-refractivity contribution in [1.29, 1.82) is 0 Å². The molecule has 0 amide bonds. The van der Waals surface area contributed by atoms with Crippen LogP contribution in [0.15, 0.2) is 48.5 Å². The molecule has 0 saturated heterocycles. The fourth-order valence-corrected chi connectivity index (χ4v) is 4.24. The van der Waals surface area contributed by atoms with E-state index in [1.807, 2.05) is 0 Å². The van der Waals surface area contributed by atoms with Crippen molar-refractivity contribution in [3.63, 3.8) is 0 Å². The summed E-state index contributed by atoms with van der Waals surface area (Å²) in [4.78, 5) is 6.91. The number of fused-ring (bicyclic) bond motifs is 6. The van der Waals surface area contributed by atoms with Crippen LogP contribution in [-0.4, -0.2) is 23.1 Å². The Bertz CT molecular complexity index is 971. The van der Waals surface area contributed by atoms with Crippen LogP contribution in [0.3, 0.4) is 0 Å². The molecule has 132 valence electrons. The van der Waals surface area contributed by atoms with E-state index in [-0.39, 0.29) is 0 Å². The maximum Gasteiger partial charge on any atom is 0.0459 e. The predicted octanol–water partition coefficient (Wildman–Crippen LogP) is 3.63. The van der Waals surface area contributed by atoms with E-state index in [4.69, 9.17) is 0 Å². The number of rotatable bonds is 0. The number of hydrogen-bond donors (Lipinski definition) is 4. The molecule has 4 N–H and O–H groups in total. The number of aromatic amines is 2. The Kier molecular flexibility index (Phi) is 4.00. The lowest BCUT2D eigenvalue weighted by atomic mass is 10.1. The average Bonchev–Trinajstić information content (AvgIpc) is 3.27. The first kappa shape index (κ1) is 15.7. The smallest absolute Gasteiger partial charge is 0.0459 e. The lowest BCUT2D eigenvalue weighted by molar-refractivity contribution is 0.637. The van der Waals surface area contributed by atoms with Crippen molar-refractivity contribution in [2.24, 2.45) is 0 Å². The van der Waals surface area contributed by atoms with Gasteiger partial charge in [0.15, 0.2) is 0 Å². The second-order valence-electron chi connectivity index (χ2n) is 7.11. The summed E-state index contributed by atoms with van der Waals surface area (Å²) in [6.07, 6.45) is 2.30. The lowest BCUT2D eigenvalue weighted by Crippen LogP contribution is -2.22. The van der Waals surface area contributed by atoms with E-state index in [9.17, 15) is 0 Å². The fraction of sp³-hybridized carbons (Fsp3) is 0.273. The van der Waals surface area contributed by atoms with Crippen molar-refractivity contribution in [2.45, 2.75) is 25.9 Å². The largest absolute Gasteiger partial charge is 0.357 e. The molecule has 0 fully saturated rings. The number of para-hydroxylation sites is 2. The Balaban J connectivity index is 0.000000115. The Morgan fingerprint density at radius 2 is 1.04 bits per heavy atom. The zero-order chi connectivity index (χ0) is 17.3. The Morgan fingerprint density at radius 1 is 0.577 bits per heavy atom. The highest BCUT2D eigenvalue weighted by Crippen LogP contribution is 2.25. The Labute approximate surface area is 153 Å². The van der Waals surface area contributed by atoms with Crippen LogP contribution in [0.5, 0.6) is 0 Å². The molecule has 0 unspecified atom stereocenters. The number of nitrogens with one attached hydrogen (secondary N) is 4. The van der Waals surface area contributed by atoms with Crippen molar-refractivity contribution >= 4 is 21.8 Å². The van der Waals surface area contributed by atoms with Crippen LogP contribution < -0.4 is 10.6 Å². The van der Waals surface area contributed by atoms with Gasteiger partial charge < -0.3 is 20.6 Å². The number of benzene rings is 2. The lowest BCUT2D eigenvalue weighted by Gasteiger charge is -2.12. The van der Waals surface area contributed by atoms with Crippen molar-refractivity contribution < 1.29 is 0 Å². The van der Waals surface area contributed by atoms with Crippen molar-refractivity contribution in [1.82, 2.24) is 20.6 Å². The number of aromatic nitrogens is 2. The summed E-state index contributed by atoms with van der Waals surface area (Å²) >= 11 is 0. The molecular formula is C22H24N4. The van der Waals surface area contributed by atoms with Crippen LogP contribution in [0.1, 0.15) is 22.5 Å². The Morgan fingerprint density at radius 3 is 1.54 bits per heavy atom.